The molecule has 1 N–H and O–H groups in total. The molecule has 0 rings (SSSR count). The molecule has 3 nitrogen and oxygen atoms in total. The minimum absolute atomic E-state index is 0.154. The Hall–Kier alpha value is -0.570. The highest BCUT2D eigenvalue weighted by Crippen LogP contribution is 2.09. The molecule has 3 heteroatoms. The van der Waals surface area contributed by atoms with E-state index < -0.39 is 0 Å². The van der Waals surface area contributed by atoms with E-state index in [1.54, 1.807) is 0 Å². The van der Waals surface area contributed by atoms with Crippen molar-refractivity contribution in [3.05, 3.63) is 0 Å². The van der Waals surface area contributed by atoms with Crippen molar-refractivity contribution >= 4 is 5.97 Å². The predicted molar refractivity (Wildman–Crippen MR) is 67.4 cm³/mol. The van der Waals surface area contributed by atoms with Crippen LogP contribution in [-0.4, -0.2) is 25.2 Å². The van der Waals surface area contributed by atoms with E-state index in [0.29, 0.717) is 6.04 Å². The average Bonchev–Trinajstić information content (AvgIpc) is 2.24. The number of hydrogen-bond donors (Lipinski definition) is 1. The quantitative estimate of drug-likeness (QED) is 0.650. The van der Waals surface area contributed by atoms with Crippen LogP contribution < -0.4 is 5.32 Å². The number of esters is 1. The highest BCUT2D eigenvalue weighted by atomic mass is 16.5. The maximum Gasteiger partial charge on any atom is 0.322 e. The summed E-state index contributed by atoms with van der Waals surface area (Å²) in [6, 6.07) is 0.224. The standard InChI is InChI=1S/C13H27NO2/c1-6-12(13(15)16-5)14-11(4)9-7-8-10(2)3/h10-12,14H,6-9H2,1-5H3. The van der Waals surface area contributed by atoms with E-state index in [4.69, 9.17) is 4.74 Å². The van der Waals surface area contributed by atoms with Gasteiger partial charge in [-0.2, -0.15) is 0 Å². The second-order valence-electron chi connectivity index (χ2n) is 4.88. The predicted octanol–water partition coefficient (Wildman–Crippen LogP) is 2.74. The van der Waals surface area contributed by atoms with Crippen LogP contribution in [0.2, 0.25) is 0 Å². The van der Waals surface area contributed by atoms with E-state index in [9.17, 15) is 4.79 Å². The molecule has 0 amide bonds. The van der Waals surface area contributed by atoms with Gasteiger partial charge in [-0.15, -0.1) is 0 Å². The third-order valence-electron chi connectivity index (χ3n) is 2.80. The van der Waals surface area contributed by atoms with Crippen LogP contribution in [0.1, 0.15) is 53.4 Å². The molecule has 0 aromatic heterocycles. The van der Waals surface area contributed by atoms with Gasteiger partial charge >= 0.3 is 5.97 Å². The van der Waals surface area contributed by atoms with Gasteiger partial charge in [0.05, 0.1) is 7.11 Å². The highest BCUT2D eigenvalue weighted by Gasteiger charge is 2.18. The fraction of sp³-hybridized carbons (Fsp3) is 0.923. The summed E-state index contributed by atoms with van der Waals surface area (Å²) < 4.78 is 4.75. The first-order valence-corrected chi connectivity index (χ1v) is 6.35. The number of ether oxygens (including phenoxy) is 1. The fourth-order valence-electron chi connectivity index (χ4n) is 1.75. The molecule has 0 aliphatic heterocycles. The van der Waals surface area contributed by atoms with E-state index in [1.807, 2.05) is 6.92 Å². The largest absolute Gasteiger partial charge is 0.468 e. The second-order valence-corrected chi connectivity index (χ2v) is 4.88. The first kappa shape index (κ1) is 15.4. The number of rotatable bonds is 8. The van der Waals surface area contributed by atoms with Crippen molar-refractivity contribution in [3.8, 4) is 0 Å². The Morgan fingerprint density at radius 2 is 1.88 bits per heavy atom. The number of carbonyl (C=O) groups is 1. The van der Waals surface area contributed by atoms with Crippen LogP contribution in [0, 0.1) is 5.92 Å². The summed E-state index contributed by atoms with van der Waals surface area (Å²) in [6.07, 6.45) is 4.36. The first-order chi connectivity index (χ1) is 7.51. The highest BCUT2D eigenvalue weighted by molar-refractivity contribution is 5.75. The van der Waals surface area contributed by atoms with Crippen LogP contribution in [0.5, 0.6) is 0 Å². The van der Waals surface area contributed by atoms with Crippen molar-refractivity contribution in [1.29, 1.82) is 0 Å². The molecule has 0 bridgehead atoms. The molecule has 0 aromatic rings. The Balaban J connectivity index is 3.82. The van der Waals surface area contributed by atoms with Gasteiger partial charge in [-0.1, -0.05) is 33.6 Å². The van der Waals surface area contributed by atoms with Crippen LogP contribution in [0.4, 0.5) is 0 Å². The van der Waals surface area contributed by atoms with E-state index in [-0.39, 0.29) is 12.0 Å². The van der Waals surface area contributed by atoms with Gasteiger partial charge in [0.25, 0.3) is 0 Å². The van der Waals surface area contributed by atoms with Gasteiger partial charge in [0.15, 0.2) is 0 Å². The fourth-order valence-corrected chi connectivity index (χ4v) is 1.75. The lowest BCUT2D eigenvalue weighted by molar-refractivity contribution is -0.143. The number of hydrogen-bond acceptors (Lipinski definition) is 3. The Kier molecular flexibility index (Phi) is 8.26. The molecular formula is C13H27NO2. The molecule has 0 radical (unpaired) electrons. The Morgan fingerprint density at radius 3 is 2.31 bits per heavy atom. The van der Waals surface area contributed by atoms with Crippen molar-refractivity contribution in [2.45, 2.75) is 65.5 Å². The van der Waals surface area contributed by atoms with E-state index in [0.717, 1.165) is 18.8 Å². The summed E-state index contributed by atoms with van der Waals surface area (Å²) in [5.74, 6) is 0.605. The van der Waals surface area contributed by atoms with Crippen molar-refractivity contribution < 1.29 is 9.53 Å². The molecule has 0 aromatic carbocycles. The summed E-state index contributed by atoms with van der Waals surface area (Å²) >= 11 is 0. The molecule has 0 heterocycles. The lowest BCUT2D eigenvalue weighted by atomic mass is 10.0. The maximum atomic E-state index is 11.4. The van der Waals surface area contributed by atoms with Gasteiger partial charge in [0.2, 0.25) is 0 Å². The van der Waals surface area contributed by atoms with Crippen molar-refractivity contribution in [1.82, 2.24) is 5.32 Å². The van der Waals surface area contributed by atoms with Gasteiger partial charge in [-0.25, -0.2) is 0 Å². The summed E-state index contributed by atoms with van der Waals surface area (Å²) in [5.41, 5.74) is 0. The molecule has 0 saturated carbocycles. The zero-order valence-corrected chi connectivity index (χ0v) is 11.4. The van der Waals surface area contributed by atoms with Crippen molar-refractivity contribution in [2.75, 3.05) is 7.11 Å². The molecule has 0 fully saturated rings. The van der Waals surface area contributed by atoms with Crippen molar-refractivity contribution in [2.24, 2.45) is 5.92 Å². The molecule has 0 saturated heterocycles. The SMILES string of the molecule is CCC(NC(C)CCCC(C)C)C(=O)OC. The van der Waals surface area contributed by atoms with Crippen LogP contribution in [0.3, 0.4) is 0 Å². The van der Waals surface area contributed by atoms with Crippen LogP contribution in [-0.2, 0) is 9.53 Å². The van der Waals surface area contributed by atoms with Gasteiger partial charge in [-0.3, -0.25) is 4.79 Å². The Bertz CT molecular complexity index is 192. The lowest BCUT2D eigenvalue weighted by Gasteiger charge is -2.20. The van der Waals surface area contributed by atoms with Crippen LogP contribution in [0.15, 0.2) is 0 Å². The molecule has 2 unspecified atom stereocenters. The average molecular weight is 229 g/mol. The van der Waals surface area contributed by atoms with Crippen LogP contribution in [0.25, 0.3) is 0 Å². The first-order valence-electron chi connectivity index (χ1n) is 6.35. The summed E-state index contributed by atoms with van der Waals surface area (Å²) in [5, 5.41) is 3.32. The van der Waals surface area contributed by atoms with E-state index in [1.165, 1.54) is 20.0 Å². The normalized spacial score (nSPS) is 14.9. The molecule has 0 spiro atoms. The zero-order valence-electron chi connectivity index (χ0n) is 11.4. The molecule has 96 valence electrons. The lowest BCUT2D eigenvalue weighted by Crippen LogP contribution is -2.42. The molecule has 0 aliphatic carbocycles. The third-order valence-corrected chi connectivity index (χ3v) is 2.80. The van der Waals surface area contributed by atoms with Gasteiger partial charge in [-0.05, 0) is 25.7 Å². The second kappa shape index (κ2) is 8.57. The summed E-state index contributed by atoms with van der Waals surface area (Å²) in [7, 11) is 1.44. The number of carbonyl (C=O) groups excluding carboxylic acids is 1. The molecule has 0 aliphatic rings. The summed E-state index contributed by atoms with van der Waals surface area (Å²) in [4.78, 5) is 11.4. The van der Waals surface area contributed by atoms with Gasteiger partial charge < -0.3 is 10.1 Å². The minimum atomic E-state index is -0.154. The number of nitrogens with one attached hydrogen (secondary N) is 1. The van der Waals surface area contributed by atoms with Gasteiger partial charge in [0, 0.05) is 6.04 Å². The molecule has 2 atom stereocenters. The van der Waals surface area contributed by atoms with E-state index in [2.05, 4.69) is 26.1 Å². The third kappa shape index (κ3) is 6.83. The Morgan fingerprint density at radius 1 is 1.25 bits per heavy atom. The summed E-state index contributed by atoms with van der Waals surface area (Å²) in [6.45, 7) is 8.60. The topological polar surface area (TPSA) is 38.3 Å². The minimum Gasteiger partial charge on any atom is -0.468 e. The monoisotopic (exact) mass is 229 g/mol. The maximum absolute atomic E-state index is 11.4. The molecular weight excluding hydrogens is 202 g/mol. The van der Waals surface area contributed by atoms with Gasteiger partial charge in [0.1, 0.15) is 6.04 Å². The Labute approximate surface area is 99.9 Å². The smallest absolute Gasteiger partial charge is 0.322 e. The zero-order chi connectivity index (χ0) is 12.6. The van der Waals surface area contributed by atoms with E-state index >= 15 is 0 Å². The van der Waals surface area contributed by atoms with Crippen molar-refractivity contribution in [3.63, 3.8) is 0 Å². The van der Waals surface area contributed by atoms with Crippen LogP contribution >= 0.6 is 0 Å². The number of methoxy groups -OCH3 is 1. The molecule has 16 heavy (non-hydrogen) atoms.